The van der Waals surface area contributed by atoms with Gasteiger partial charge in [-0.25, -0.2) is 5.48 Å². The first kappa shape index (κ1) is 12.1. The maximum Gasteiger partial charge on any atom is 0.316 e. The summed E-state index contributed by atoms with van der Waals surface area (Å²) >= 11 is 0. The van der Waals surface area contributed by atoms with Crippen LogP contribution in [-0.2, 0) is 19.9 Å². The Hall–Kier alpha value is -1.93. The molecule has 0 aromatic rings. The lowest BCUT2D eigenvalue weighted by molar-refractivity contribution is -0.139. The van der Waals surface area contributed by atoms with Crippen LogP contribution in [0.15, 0.2) is 23.8 Å². The van der Waals surface area contributed by atoms with E-state index >= 15 is 0 Å². The third-order valence-electron chi connectivity index (χ3n) is 1.93. The molecule has 1 rings (SSSR count). The fraction of sp³-hybridized carbons (Fsp3) is 0.125. The van der Waals surface area contributed by atoms with Crippen molar-refractivity contribution >= 4 is 27.0 Å². The average Bonchev–Trinajstić information content (AvgIpc) is 2.26. The number of hydrogen-bond donors (Lipinski definition) is 3. The van der Waals surface area contributed by atoms with Crippen LogP contribution in [0.3, 0.4) is 0 Å². The van der Waals surface area contributed by atoms with Crippen molar-refractivity contribution in [2.75, 3.05) is 0 Å². The van der Waals surface area contributed by atoms with E-state index in [1.807, 2.05) is 0 Å². The Bertz CT molecular complexity index is 519. The third kappa shape index (κ3) is 2.18. The fourth-order valence-electron chi connectivity index (χ4n) is 1.27. The van der Waals surface area contributed by atoms with Crippen LogP contribution < -0.4 is 5.48 Å². The molecule has 0 aliphatic heterocycles. The van der Waals surface area contributed by atoms with Crippen LogP contribution in [0.4, 0.5) is 0 Å². The molecular formula is C8H7NO6S. The fourth-order valence-corrected chi connectivity index (χ4v) is 1.88. The lowest BCUT2D eigenvalue weighted by atomic mass is 9.91. The zero-order chi connectivity index (χ0) is 12.3. The molecule has 86 valence electrons. The maximum atomic E-state index is 11.1. The normalized spacial score (nSPS) is 18.9. The van der Waals surface area contributed by atoms with Crippen molar-refractivity contribution in [3.63, 3.8) is 0 Å². The Morgan fingerprint density at radius 1 is 1.38 bits per heavy atom. The molecule has 8 heteroatoms. The zero-order valence-corrected chi connectivity index (χ0v) is 8.56. The van der Waals surface area contributed by atoms with Gasteiger partial charge in [0.2, 0.25) is 10.3 Å². The molecule has 0 saturated heterocycles. The van der Waals surface area contributed by atoms with Gasteiger partial charge in [-0.05, 0) is 6.08 Å². The average molecular weight is 245 g/mol. The maximum absolute atomic E-state index is 11.1. The van der Waals surface area contributed by atoms with Gasteiger partial charge in [-0.3, -0.25) is 14.8 Å². The van der Waals surface area contributed by atoms with Gasteiger partial charge < -0.3 is 5.11 Å². The quantitative estimate of drug-likeness (QED) is 0.317. The van der Waals surface area contributed by atoms with Crippen molar-refractivity contribution < 1.29 is 28.3 Å². The summed E-state index contributed by atoms with van der Waals surface area (Å²) in [5.41, 5.74) is 0.910. The number of hydroxylamine groups is 1. The molecule has 1 atom stereocenters. The van der Waals surface area contributed by atoms with Gasteiger partial charge in [0.15, 0.2) is 0 Å². The van der Waals surface area contributed by atoms with Crippen LogP contribution in [0, 0.1) is 5.92 Å². The van der Waals surface area contributed by atoms with Gasteiger partial charge in [0.1, 0.15) is 5.92 Å². The van der Waals surface area contributed by atoms with Crippen LogP contribution in [-0.4, -0.2) is 35.5 Å². The van der Waals surface area contributed by atoms with Crippen molar-refractivity contribution in [2.45, 2.75) is 0 Å². The predicted molar refractivity (Wildman–Crippen MR) is 52.2 cm³/mol. The number of hydrogen-bond acceptors (Lipinski definition) is 5. The van der Waals surface area contributed by atoms with E-state index in [1.165, 1.54) is 11.6 Å². The topological polar surface area (TPSA) is 121 Å². The third-order valence-corrected chi connectivity index (χ3v) is 2.69. The van der Waals surface area contributed by atoms with Gasteiger partial charge in [0.25, 0.3) is 5.91 Å². The molecule has 0 saturated carbocycles. The van der Waals surface area contributed by atoms with Crippen molar-refractivity contribution in [2.24, 2.45) is 5.92 Å². The minimum atomic E-state index is -2.75. The second-order valence-electron chi connectivity index (χ2n) is 2.83. The van der Waals surface area contributed by atoms with Crippen LogP contribution in [0.25, 0.3) is 0 Å². The van der Waals surface area contributed by atoms with Gasteiger partial charge in [-0.2, -0.15) is 8.42 Å². The highest BCUT2D eigenvalue weighted by Crippen LogP contribution is 2.18. The molecule has 0 heterocycles. The summed E-state index contributed by atoms with van der Waals surface area (Å²) in [6, 6.07) is 0. The van der Waals surface area contributed by atoms with Gasteiger partial charge in [0, 0.05) is 5.57 Å². The number of allylic oxidation sites excluding steroid dienone is 3. The van der Waals surface area contributed by atoms with E-state index in [2.05, 4.69) is 0 Å². The van der Waals surface area contributed by atoms with Crippen LogP contribution >= 0.6 is 0 Å². The largest absolute Gasteiger partial charge is 0.481 e. The molecule has 0 fully saturated rings. The number of aliphatic carboxylic acids is 1. The molecule has 3 N–H and O–H groups in total. The molecule has 0 radical (unpaired) electrons. The number of carboxylic acids is 1. The smallest absolute Gasteiger partial charge is 0.316 e. The van der Waals surface area contributed by atoms with E-state index in [9.17, 15) is 18.0 Å². The Morgan fingerprint density at radius 2 is 2.00 bits per heavy atom. The Balaban J connectivity index is 3.35. The van der Waals surface area contributed by atoms with Gasteiger partial charge in [0.05, 0.1) is 4.86 Å². The molecule has 1 aliphatic rings. The molecule has 0 aromatic carbocycles. The van der Waals surface area contributed by atoms with Crippen molar-refractivity contribution in [1.29, 1.82) is 0 Å². The Kier molecular flexibility index (Phi) is 3.59. The van der Waals surface area contributed by atoms with E-state index in [0.29, 0.717) is 0 Å². The van der Waals surface area contributed by atoms with E-state index in [-0.39, 0.29) is 5.57 Å². The van der Waals surface area contributed by atoms with E-state index in [1.54, 1.807) is 0 Å². The van der Waals surface area contributed by atoms with Crippen LogP contribution in [0.2, 0.25) is 0 Å². The summed E-state index contributed by atoms with van der Waals surface area (Å²) < 4.78 is 21.5. The number of nitrogens with one attached hydrogen (secondary N) is 1. The summed E-state index contributed by atoms with van der Waals surface area (Å²) in [6.07, 6.45) is 3.42. The zero-order valence-electron chi connectivity index (χ0n) is 7.75. The highest BCUT2D eigenvalue weighted by molar-refractivity contribution is 7.73. The van der Waals surface area contributed by atoms with Crippen molar-refractivity contribution in [1.82, 2.24) is 5.48 Å². The van der Waals surface area contributed by atoms with Crippen molar-refractivity contribution in [3.8, 4) is 0 Å². The molecule has 7 nitrogen and oxygen atoms in total. The first-order valence-electron chi connectivity index (χ1n) is 4.00. The second-order valence-corrected chi connectivity index (χ2v) is 3.77. The summed E-state index contributed by atoms with van der Waals surface area (Å²) in [4.78, 5) is 21.5. The molecule has 0 bridgehead atoms. The number of carbonyl (C=O) groups is 2. The number of rotatable bonds is 2. The lowest BCUT2D eigenvalue weighted by Crippen LogP contribution is -2.34. The first-order valence-corrected chi connectivity index (χ1v) is 5.08. The highest BCUT2D eigenvalue weighted by atomic mass is 32.2. The molecule has 0 spiro atoms. The predicted octanol–water partition coefficient (Wildman–Crippen LogP) is -1.26. The molecule has 0 aromatic heterocycles. The highest BCUT2D eigenvalue weighted by Gasteiger charge is 2.33. The molecule has 16 heavy (non-hydrogen) atoms. The number of carbonyl (C=O) groups excluding carboxylic acids is 1. The summed E-state index contributed by atoms with van der Waals surface area (Å²) in [6.45, 7) is 0. The summed E-state index contributed by atoms with van der Waals surface area (Å²) in [5.74, 6) is -4.14. The standard InChI is InChI=1S/C8H7NO6S/c10-7(9-13)4-2-1-3-5(16(14)15)6(4)8(11)12/h1-3,6,13H,(H,9,10)(H,11,12). The number of amides is 1. The molecular weight excluding hydrogens is 238 g/mol. The monoisotopic (exact) mass is 245 g/mol. The van der Waals surface area contributed by atoms with Gasteiger partial charge >= 0.3 is 5.97 Å². The van der Waals surface area contributed by atoms with Crippen molar-refractivity contribution in [3.05, 3.63) is 23.8 Å². The van der Waals surface area contributed by atoms with Crippen LogP contribution in [0.5, 0.6) is 0 Å². The van der Waals surface area contributed by atoms with E-state index < -0.39 is 33.0 Å². The summed E-state index contributed by atoms with van der Waals surface area (Å²) in [7, 11) is -2.75. The summed E-state index contributed by atoms with van der Waals surface area (Å²) in [5, 5.41) is 17.2. The second kappa shape index (κ2) is 4.73. The van der Waals surface area contributed by atoms with Gasteiger partial charge in [-0.1, -0.05) is 12.2 Å². The SMILES string of the molecule is O=C(NO)C1=CC=CC(=S(=O)=O)C1C(=O)O. The Morgan fingerprint density at radius 3 is 2.44 bits per heavy atom. The van der Waals surface area contributed by atoms with Crippen LogP contribution in [0.1, 0.15) is 0 Å². The minimum absolute atomic E-state index is 0.350. The van der Waals surface area contributed by atoms with Gasteiger partial charge in [-0.15, -0.1) is 0 Å². The van der Waals surface area contributed by atoms with E-state index in [4.69, 9.17) is 10.3 Å². The van der Waals surface area contributed by atoms with E-state index in [0.717, 1.165) is 12.2 Å². The molecule has 1 aliphatic carbocycles. The lowest BCUT2D eigenvalue weighted by Gasteiger charge is -2.15. The minimum Gasteiger partial charge on any atom is -0.481 e. The molecule has 1 unspecified atom stereocenters. The number of carboxylic acid groups (broad SMARTS) is 1. The molecule has 1 amide bonds. The Labute approximate surface area is 91.2 Å². The first-order chi connectivity index (χ1) is 7.49.